The fourth-order valence-corrected chi connectivity index (χ4v) is 1.24. The fraction of sp³-hybridized carbons (Fsp3) is 0.250. The van der Waals surface area contributed by atoms with Gasteiger partial charge < -0.3 is 10.5 Å². The largest absolute Gasteiger partial charge is 0.485 e. The first-order chi connectivity index (χ1) is 7.41. The lowest BCUT2D eigenvalue weighted by molar-refractivity contribution is 0.0290. The van der Waals surface area contributed by atoms with E-state index in [4.69, 9.17) is 27.7 Å². The number of anilines is 2. The first kappa shape index (κ1) is 12.8. The number of nitrogens with zero attached hydrogens (tertiary/aromatic N) is 1. The van der Waals surface area contributed by atoms with Crippen LogP contribution in [-0.4, -0.2) is 23.4 Å². The molecule has 0 saturated carbocycles. The van der Waals surface area contributed by atoms with Crippen LogP contribution in [-0.2, 0) is 0 Å². The van der Waals surface area contributed by atoms with Gasteiger partial charge in [0.15, 0.2) is 0 Å². The Kier molecular flexibility index (Phi) is 4.11. The number of rotatable bonds is 4. The molecule has 1 rings (SSSR count). The SMILES string of the molecule is Nc1cc(Cl)c(N(O)O)cc1OCC(F)F. The quantitative estimate of drug-likeness (QED) is 0.567. The lowest BCUT2D eigenvalue weighted by Gasteiger charge is -2.14. The molecule has 1 aromatic carbocycles. The van der Waals surface area contributed by atoms with Gasteiger partial charge in [0.2, 0.25) is 0 Å². The van der Waals surface area contributed by atoms with Gasteiger partial charge in [0, 0.05) is 6.07 Å². The maximum Gasteiger partial charge on any atom is 0.272 e. The molecule has 0 aromatic heterocycles. The van der Waals surface area contributed by atoms with Gasteiger partial charge in [0.05, 0.1) is 10.7 Å². The van der Waals surface area contributed by atoms with Crippen LogP contribution >= 0.6 is 11.6 Å². The van der Waals surface area contributed by atoms with Crippen molar-refractivity contribution in [2.24, 2.45) is 0 Å². The molecule has 0 fully saturated rings. The lowest BCUT2D eigenvalue weighted by atomic mass is 10.2. The van der Waals surface area contributed by atoms with Gasteiger partial charge in [-0.3, -0.25) is 10.4 Å². The van der Waals surface area contributed by atoms with Crippen LogP contribution in [0.15, 0.2) is 12.1 Å². The number of nitrogen functional groups attached to an aromatic ring is 1. The molecule has 1 aromatic rings. The van der Waals surface area contributed by atoms with Gasteiger partial charge in [0.1, 0.15) is 18.0 Å². The first-order valence-electron chi connectivity index (χ1n) is 4.09. The Balaban J connectivity index is 2.96. The molecule has 0 heterocycles. The summed E-state index contributed by atoms with van der Waals surface area (Å²) in [6.45, 7) is -0.845. The summed E-state index contributed by atoms with van der Waals surface area (Å²) in [7, 11) is 0. The van der Waals surface area contributed by atoms with E-state index in [0.717, 1.165) is 12.1 Å². The molecule has 0 bridgehead atoms. The standard InChI is InChI=1S/C8H9ClF2N2O3/c9-4-1-5(12)7(16-3-8(10)11)2-6(4)13(14)15/h1-2,8,14-15H,3,12H2. The van der Waals surface area contributed by atoms with Gasteiger partial charge in [-0.1, -0.05) is 11.6 Å². The van der Waals surface area contributed by atoms with Crippen molar-refractivity contribution in [3.63, 3.8) is 0 Å². The van der Waals surface area contributed by atoms with Crippen LogP contribution in [0, 0.1) is 0 Å². The molecule has 0 amide bonds. The van der Waals surface area contributed by atoms with Crippen LogP contribution in [0.2, 0.25) is 5.02 Å². The van der Waals surface area contributed by atoms with E-state index in [1.54, 1.807) is 0 Å². The topological polar surface area (TPSA) is 79.0 Å². The smallest absolute Gasteiger partial charge is 0.272 e. The molecule has 0 spiro atoms. The first-order valence-corrected chi connectivity index (χ1v) is 4.47. The second kappa shape index (κ2) is 5.15. The van der Waals surface area contributed by atoms with Crippen LogP contribution in [0.1, 0.15) is 0 Å². The number of halogens is 3. The van der Waals surface area contributed by atoms with Crippen molar-refractivity contribution in [3.05, 3.63) is 17.2 Å². The third-order valence-electron chi connectivity index (χ3n) is 1.66. The predicted molar refractivity (Wildman–Crippen MR) is 53.4 cm³/mol. The number of benzene rings is 1. The second-order valence-electron chi connectivity index (χ2n) is 2.83. The van der Waals surface area contributed by atoms with E-state index in [0.29, 0.717) is 0 Å². The number of hydrogen-bond acceptors (Lipinski definition) is 5. The fourth-order valence-electron chi connectivity index (χ4n) is 0.989. The summed E-state index contributed by atoms with van der Waals surface area (Å²) in [4.78, 5) is 0. The molecule has 0 aliphatic rings. The predicted octanol–water partition coefficient (Wildman–Crippen LogP) is 2.15. The maximum atomic E-state index is 11.9. The summed E-state index contributed by atoms with van der Waals surface area (Å²) in [5.74, 6) is -0.104. The van der Waals surface area contributed by atoms with Crippen molar-refractivity contribution in [3.8, 4) is 5.75 Å². The van der Waals surface area contributed by atoms with E-state index in [1.165, 1.54) is 0 Å². The van der Waals surface area contributed by atoms with Gasteiger partial charge in [0.25, 0.3) is 6.43 Å². The molecule has 5 nitrogen and oxygen atoms in total. The van der Waals surface area contributed by atoms with E-state index in [1.807, 2.05) is 0 Å². The highest BCUT2D eigenvalue weighted by Crippen LogP contribution is 2.34. The van der Waals surface area contributed by atoms with Gasteiger partial charge in [-0.15, -0.1) is 5.23 Å². The highest BCUT2D eigenvalue weighted by molar-refractivity contribution is 6.33. The van der Waals surface area contributed by atoms with Crippen molar-refractivity contribution in [2.75, 3.05) is 17.6 Å². The van der Waals surface area contributed by atoms with Crippen LogP contribution in [0.5, 0.6) is 5.75 Å². The number of hydrogen-bond donors (Lipinski definition) is 3. The number of alkyl halides is 2. The Morgan fingerprint density at radius 3 is 2.56 bits per heavy atom. The number of nitrogens with two attached hydrogens (primary N) is 1. The summed E-state index contributed by atoms with van der Waals surface area (Å²) in [6.07, 6.45) is -2.65. The summed E-state index contributed by atoms with van der Waals surface area (Å²) in [5, 5.41) is 17.2. The molecule has 90 valence electrons. The van der Waals surface area contributed by atoms with Gasteiger partial charge in [-0.25, -0.2) is 8.78 Å². The molecule has 0 atom stereocenters. The minimum Gasteiger partial charge on any atom is -0.485 e. The molecule has 8 heteroatoms. The minimum absolute atomic E-state index is 0.0243. The highest BCUT2D eigenvalue weighted by atomic mass is 35.5. The van der Waals surface area contributed by atoms with Gasteiger partial charge in [-0.2, -0.15) is 0 Å². The third-order valence-corrected chi connectivity index (χ3v) is 1.96. The third kappa shape index (κ3) is 3.09. The minimum atomic E-state index is -2.65. The van der Waals surface area contributed by atoms with Crippen LogP contribution in [0.25, 0.3) is 0 Å². The van der Waals surface area contributed by atoms with Crippen molar-refractivity contribution in [2.45, 2.75) is 6.43 Å². The molecule has 4 N–H and O–H groups in total. The Morgan fingerprint density at radius 2 is 2.06 bits per heavy atom. The molecule has 0 radical (unpaired) electrons. The highest BCUT2D eigenvalue weighted by Gasteiger charge is 2.13. The van der Waals surface area contributed by atoms with E-state index < -0.39 is 13.0 Å². The molecular weight excluding hydrogens is 246 g/mol. The zero-order valence-corrected chi connectivity index (χ0v) is 8.66. The van der Waals surface area contributed by atoms with Crippen molar-refractivity contribution in [1.82, 2.24) is 0 Å². The van der Waals surface area contributed by atoms with Crippen LogP contribution < -0.4 is 15.7 Å². The Hall–Kier alpha value is -1.31. The van der Waals surface area contributed by atoms with Gasteiger partial charge >= 0.3 is 0 Å². The average molecular weight is 255 g/mol. The molecule has 0 aliphatic heterocycles. The molecule has 0 aliphatic carbocycles. The summed E-state index contributed by atoms with van der Waals surface area (Å²) >= 11 is 5.61. The summed E-state index contributed by atoms with van der Waals surface area (Å²) in [5.41, 5.74) is 5.24. The second-order valence-corrected chi connectivity index (χ2v) is 3.24. The Labute approximate surface area is 94.5 Å². The van der Waals surface area contributed by atoms with E-state index in [-0.39, 0.29) is 27.4 Å². The van der Waals surface area contributed by atoms with Crippen LogP contribution in [0.4, 0.5) is 20.2 Å². The van der Waals surface area contributed by atoms with Crippen molar-refractivity contribution in [1.29, 1.82) is 0 Å². The Morgan fingerprint density at radius 1 is 1.44 bits per heavy atom. The summed E-state index contributed by atoms with van der Waals surface area (Å²) < 4.78 is 28.4. The normalized spacial score (nSPS) is 10.6. The molecule has 0 saturated heterocycles. The molecular formula is C8H9ClF2N2O3. The zero-order chi connectivity index (χ0) is 12.3. The van der Waals surface area contributed by atoms with E-state index in [9.17, 15) is 8.78 Å². The Bertz CT molecular complexity index is 377. The summed E-state index contributed by atoms with van der Waals surface area (Å²) in [6, 6.07) is 2.21. The maximum absolute atomic E-state index is 11.9. The lowest BCUT2D eigenvalue weighted by Crippen LogP contribution is -2.13. The number of ether oxygens (including phenoxy) is 1. The van der Waals surface area contributed by atoms with E-state index in [2.05, 4.69) is 4.74 Å². The molecule has 0 unspecified atom stereocenters. The van der Waals surface area contributed by atoms with Crippen molar-refractivity contribution < 1.29 is 23.9 Å². The zero-order valence-electron chi connectivity index (χ0n) is 7.90. The van der Waals surface area contributed by atoms with Crippen molar-refractivity contribution >= 4 is 23.0 Å². The van der Waals surface area contributed by atoms with E-state index >= 15 is 0 Å². The molecule has 16 heavy (non-hydrogen) atoms. The van der Waals surface area contributed by atoms with Crippen LogP contribution in [0.3, 0.4) is 0 Å². The van der Waals surface area contributed by atoms with Gasteiger partial charge in [-0.05, 0) is 6.07 Å². The average Bonchev–Trinajstić information content (AvgIpc) is 2.15. The monoisotopic (exact) mass is 254 g/mol.